The highest BCUT2D eigenvalue weighted by Crippen LogP contribution is 2.57. The SMILES string of the molecule is CN(C(=O)C1C2CC3CC(C2)CC1C3)C(C)(C)CBr. The van der Waals surface area contributed by atoms with Gasteiger partial charge in [-0.05, 0) is 69.6 Å². The maximum Gasteiger partial charge on any atom is 0.226 e. The Morgan fingerprint density at radius 3 is 2.00 bits per heavy atom. The molecule has 4 rings (SSSR count). The molecule has 4 saturated carbocycles. The molecule has 0 aromatic carbocycles. The van der Waals surface area contributed by atoms with Gasteiger partial charge in [0.25, 0.3) is 0 Å². The molecular formula is C16H26BrNO. The van der Waals surface area contributed by atoms with Crippen molar-refractivity contribution in [2.45, 2.75) is 51.5 Å². The van der Waals surface area contributed by atoms with Crippen molar-refractivity contribution in [3.8, 4) is 0 Å². The van der Waals surface area contributed by atoms with Crippen LogP contribution in [0.4, 0.5) is 0 Å². The van der Waals surface area contributed by atoms with Gasteiger partial charge >= 0.3 is 0 Å². The number of carbonyl (C=O) groups is 1. The number of halogens is 1. The molecule has 0 saturated heterocycles. The fourth-order valence-corrected chi connectivity index (χ4v) is 5.32. The maximum atomic E-state index is 12.9. The lowest BCUT2D eigenvalue weighted by molar-refractivity contribution is -0.151. The van der Waals surface area contributed by atoms with Gasteiger partial charge in [0.05, 0.1) is 0 Å². The Bertz CT molecular complexity index is 351. The molecule has 0 aliphatic heterocycles. The highest BCUT2D eigenvalue weighted by Gasteiger charge is 2.52. The van der Waals surface area contributed by atoms with Gasteiger partial charge in [-0.25, -0.2) is 0 Å². The van der Waals surface area contributed by atoms with Gasteiger partial charge in [0.1, 0.15) is 0 Å². The van der Waals surface area contributed by atoms with Gasteiger partial charge in [0.15, 0.2) is 0 Å². The lowest BCUT2D eigenvalue weighted by Gasteiger charge is -2.55. The summed E-state index contributed by atoms with van der Waals surface area (Å²) >= 11 is 3.55. The van der Waals surface area contributed by atoms with Crippen LogP contribution < -0.4 is 0 Å². The Hall–Kier alpha value is -0.0500. The number of amides is 1. The van der Waals surface area contributed by atoms with E-state index in [9.17, 15) is 4.79 Å². The molecule has 108 valence electrons. The second-order valence-corrected chi connectivity index (χ2v) is 8.36. The highest BCUT2D eigenvalue weighted by molar-refractivity contribution is 9.09. The molecule has 0 atom stereocenters. The van der Waals surface area contributed by atoms with Crippen LogP contribution in [0.1, 0.15) is 46.0 Å². The Kier molecular flexibility index (Phi) is 3.48. The predicted molar refractivity (Wildman–Crippen MR) is 81.2 cm³/mol. The van der Waals surface area contributed by atoms with Gasteiger partial charge < -0.3 is 4.90 Å². The minimum atomic E-state index is -0.0776. The van der Waals surface area contributed by atoms with Crippen LogP contribution >= 0.6 is 15.9 Å². The van der Waals surface area contributed by atoms with E-state index in [1.165, 1.54) is 32.1 Å². The zero-order valence-corrected chi connectivity index (χ0v) is 13.9. The second kappa shape index (κ2) is 4.75. The summed E-state index contributed by atoms with van der Waals surface area (Å²) in [4.78, 5) is 15.0. The summed E-state index contributed by atoms with van der Waals surface area (Å²) in [6.45, 7) is 4.30. The summed E-state index contributed by atoms with van der Waals surface area (Å²) in [5.74, 6) is 4.02. The minimum absolute atomic E-state index is 0.0776. The van der Waals surface area contributed by atoms with E-state index in [0.29, 0.717) is 23.7 Å². The third-order valence-corrected chi connectivity index (χ3v) is 7.45. The minimum Gasteiger partial charge on any atom is -0.340 e. The van der Waals surface area contributed by atoms with Crippen LogP contribution in [0.5, 0.6) is 0 Å². The summed E-state index contributed by atoms with van der Waals surface area (Å²) in [5, 5.41) is 0.843. The van der Waals surface area contributed by atoms with Crippen molar-refractivity contribution in [1.29, 1.82) is 0 Å². The lowest BCUT2D eigenvalue weighted by Crippen LogP contribution is -2.55. The van der Waals surface area contributed by atoms with Crippen LogP contribution in [0.25, 0.3) is 0 Å². The third kappa shape index (κ3) is 2.26. The zero-order chi connectivity index (χ0) is 13.8. The first kappa shape index (κ1) is 13.9. The Morgan fingerprint density at radius 2 is 1.58 bits per heavy atom. The average Bonchev–Trinajstić information content (AvgIpc) is 2.36. The van der Waals surface area contributed by atoms with E-state index in [1.54, 1.807) is 0 Å². The molecule has 3 heteroatoms. The van der Waals surface area contributed by atoms with Crippen LogP contribution in [0.3, 0.4) is 0 Å². The molecule has 4 aliphatic carbocycles. The molecule has 0 unspecified atom stereocenters. The Morgan fingerprint density at radius 1 is 1.11 bits per heavy atom. The molecule has 0 heterocycles. The third-order valence-electron chi connectivity index (χ3n) is 6.08. The summed E-state index contributed by atoms with van der Waals surface area (Å²) in [7, 11) is 1.99. The number of rotatable bonds is 3. The molecule has 0 radical (unpaired) electrons. The first-order chi connectivity index (χ1) is 8.92. The van der Waals surface area contributed by atoms with Crippen molar-refractivity contribution < 1.29 is 4.79 Å². The maximum absolute atomic E-state index is 12.9. The van der Waals surface area contributed by atoms with Crippen LogP contribution in [-0.2, 0) is 4.79 Å². The number of hydrogen-bond acceptors (Lipinski definition) is 1. The molecule has 0 aromatic heterocycles. The smallest absolute Gasteiger partial charge is 0.226 e. The van der Waals surface area contributed by atoms with Crippen molar-refractivity contribution in [2.75, 3.05) is 12.4 Å². The quantitative estimate of drug-likeness (QED) is 0.724. The monoisotopic (exact) mass is 327 g/mol. The standard InChI is InChI=1S/C16H26BrNO/c1-16(2,9-17)18(3)15(19)14-12-5-10-4-11(7-12)8-13(14)6-10/h10-14H,4-9H2,1-3H3. The van der Waals surface area contributed by atoms with Crippen LogP contribution in [0.15, 0.2) is 0 Å². The fourth-order valence-electron chi connectivity index (χ4n) is 4.94. The number of carbonyl (C=O) groups excluding carboxylic acids is 1. The first-order valence-electron chi connectivity index (χ1n) is 7.76. The molecule has 0 spiro atoms. The first-order valence-corrected chi connectivity index (χ1v) is 8.88. The van der Waals surface area contributed by atoms with Gasteiger partial charge in [-0.15, -0.1) is 0 Å². The molecule has 2 nitrogen and oxygen atoms in total. The molecular weight excluding hydrogens is 302 g/mol. The van der Waals surface area contributed by atoms with E-state index in [0.717, 1.165) is 17.2 Å². The lowest BCUT2D eigenvalue weighted by atomic mass is 9.51. The number of alkyl halides is 1. The number of nitrogens with zero attached hydrogens (tertiary/aromatic N) is 1. The largest absolute Gasteiger partial charge is 0.340 e. The normalized spacial score (nSPS) is 40.5. The second-order valence-electron chi connectivity index (χ2n) is 7.80. The van der Waals surface area contributed by atoms with Gasteiger partial charge in [-0.1, -0.05) is 15.9 Å². The molecule has 4 aliphatic rings. The van der Waals surface area contributed by atoms with Crippen molar-refractivity contribution in [3.63, 3.8) is 0 Å². The zero-order valence-electron chi connectivity index (χ0n) is 12.4. The molecule has 0 aromatic rings. The van der Waals surface area contributed by atoms with Gasteiger partial charge in [0.2, 0.25) is 5.91 Å². The van der Waals surface area contributed by atoms with E-state index < -0.39 is 0 Å². The van der Waals surface area contributed by atoms with Crippen LogP contribution in [0.2, 0.25) is 0 Å². The van der Waals surface area contributed by atoms with Crippen molar-refractivity contribution in [1.82, 2.24) is 4.90 Å². The van der Waals surface area contributed by atoms with Gasteiger partial charge in [-0.3, -0.25) is 4.79 Å². The van der Waals surface area contributed by atoms with Crippen LogP contribution in [-0.4, -0.2) is 28.7 Å². The predicted octanol–water partition coefficient (Wildman–Crippen LogP) is 3.69. The fraction of sp³-hybridized carbons (Fsp3) is 0.938. The van der Waals surface area contributed by atoms with Gasteiger partial charge in [-0.2, -0.15) is 0 Å². The summed E-state index contributed by atoms with van der Waals surface area (Å²) in [5.41, 5.74) is -0.0776. The van der Waals surface area contributed by atoms with Crippen molar-refractivity contribution >= 4 is 21.8 Å². The molecule has 0 N–H and O–H groups in total. The van der Waals surface area contributed by atoms with Gasteiger partial charge in [0, 0.05) is 23.8 Å². The molecule has 4 bridgehead atoms. The highest BCUT2D eigenvalue weighted by atomic mass is 79.9. The average molecular weight is 328 g/mol. The van der Waals surface area contributed by atoms with E-state index in [1.807, 2.05) is 11.9 Å². The van der Waals surface area contributed by atoms with Crippen molar-refractivity contribution in [2.24, 2.45) is 29.6 Å². The Balaban J connectivity index is 1.77. The van der Waals surface area contributed by atoms with E-state index in [2.05, 4.69) is 29.8 Å². The summed E-state index contributed by atoms with van der Waals surface area (Å²) in [6.07, 6.45) is 6.76. The molecule has 19 heavy (non-hydrogen) atoms. The van der Waals surface area contributed by atoms with Crippen LogP contribution in [0, 0.1) is 29.6 Å². The summed E-state index contributed by atoms with van der Waals surface area (Å²) < 4.78 is 0. The molecule has 4 fully saturated rings. The van der Waals surface area contributed by atoms with E-state index in [4.69, 9.17) is 0 Å². The number of hydrogen-bond donors (Lipinski definition) is 0. The van der Waals surface area contributed by atoms with E-state index >= 15 is 0 Å². The summed E-state index contributed by atoms with van der Waals surface area (Å²) in [6, 6.07) is 0. The Labute approximate surface area is 125 Å². The van der Waals surface area contributed by atoms with E-state index in [-0.39, 0.29) is 5.54 Å². The van der Waals surface area contributed by atoms with Crippen molar-refractivity contribution in [3.05, 3.63) is 0 Å². The molecule has 1 amide bonds. The topological polar surface area (TPSA) is 20.3 Å².